The Morgan fingerprint density at radius 2 is 1.93 bits per heavy atom. The van der Waals surface area contributed by atoms with Crippen molar-refractivity contribution in [2.45, 2.75) is 26.2 Å². The van der Waals surface area contributed by atoms with Crippen molar-refractivity contribution in [3.63, 3.8) is 0 Å². The Morgan fingerprint density at radius 3 is 2.64 bits per heavy atom. The third-order valence-corrected chi connectivity index (χ3v) is 5.64. The number of hydrogen-bond acceptors (Lipinski definition) is 8. The lowest BCUT2D eigenvalue weighted by atomic mass is 10.1. The number of piperazine rings is 1. The first-order valence-corrected chi connectivity index (χ1v) is 9.62. The molecular formula is C17H19F2N5O3S. The van der Waals surface area contributed by atoms with Crippen molar-refractivity contribution in [2.75, 3.05) is 36.4 Å². The summed E-state index contributed by atoms with van der Waals surface area (Å²) in [6.45, 7) is 6.52. The molecule has 0 spiro atoms. The summed E-state index contributed by atoms with van der Waals surface area (Å²) >= 11 is 1.34. The van der Waals surface area contributed by atoms with Crippen LogP contribution >= 0.6 is 11.3 Å². The second-order valence-corrected chi connectivity index (χ2v) is 7.60. The number of fused-ring (bicyclic) bond motifs is 1. The van der Waals surface area contributed by atoms with Crippen molar-refractivity contribution in [1.82, 2.24) is 15.1 Å². The molecule has 8 nitrogen and oxygen atoms in total. The number of nitrogens with one attached hydrogen (secondary N) is 1. The number of amides is 1. The van der Waals surface area contributed by atoms with E-state index >= 15 is 0 Å². The van der Waals surface area contributed by atoms with Gasteiger partial charge in [0.05, 0.1) is 0 Å². The Morgan fingerprint density at radius 1 is 1.21 bits per heavy atom. The summed E-state index contributed by atoms with van der Waals surface area (Å²) in [6.07, 6.45) is -3.60. The molecule has 1 aromatic carbocycles. The number of alkyl halides is 2. The van der Waals surface area contributed by atoms with Gasteiger partial charge in [0.25, 0.3) is 0 Å². The van der Waals surface area contributed by atoms with E-state index in [1.807, 2.05) is 6.92 Å². The smallest absolute Gasteiger partial charge is 0.395 e. The highest BCUT2D eigenvalue weighted by atomic mass is 32.1. The Bertz CT molecular complexity index is 885. The summed E-state index contributed by atoms with van der Waals surface area (Å²) in [4.78, 5) is 15.5. The van der Waals surface area contributed by atoms with Crippen molar-refractivity contribution >= 4 is 27.5 Å². The number of aromatic nitrogens is 2. The normalized spacial score (nSPS) is 19.5. The fourth-order valence-corrected chi connectivity index (χ4v) is 4.12. The summed E-state index contributed by atoms with van der Waals surface area (Å²) in [7, 11) is 0. The summed E-state index contributed by atoms with van der Waals surface area (Å²) in [5, 5.41) is 12.0. The fraction of sp³-hybridized carbons (Fsp3) is 0.471. The van der Waals surface area contributed by atoms with Crippen molar-refractivity contribution in [3.05, 3.63) is 23.8 Å². The highest BCUT2D eigenvalue weighted by Gasteiger charge is 2.43. The third kappa shape index (κ3) is 3.85. The molecule has 11 heteroatoms. The van der Waals surface area contributed by atoms with E-state index in [0.29, 0.717) is 5.13 Å². The second-order valence-electron chi connectivity index (χ2n) is 6.64. The van der Waals surface area contributed by atoms with Gasteiger partial charge in [0.15, 0.2) is 11.5 Å². The lowest BCUT2D eigenvalue weighted by molar-refractivity contribution is -0.286. The zero-order valence-electron chi connectivity index (χ0n) is 15.3. The predicted octanol–water partition coefficient (Wildman–Crippen LogP) is 2.70. The van der Waals surface area contributed by atoms with Gasteiger partial charge >= 0.3 is 6.29 Å². The monoisotopic (exact) mass is 411 g/mol. The minimum absolute atomic E-state index is 0.0367. The molecule has 3 heterocycles. The standard InChI is InChI=1S/C17H19F2N5O3S/c1-10(12-3-4-13-14(9-12)27-17(18,19)26-13)23-5-7-24(8-6-23)16-22-21-15(28-16)20-11(2)25/h3-4,9-10H,5-8H2,1-2H3,(H,20,21,25). The quantitative estimate of drug-likeness (QED) is 0.829. The average Bonchev–Trinajstić information content (AvgIpc) is 3.22. The van der Waals surface area contributed by atoms with Gasteiger partial charge in [0, 0.05) is 39.1 Å². The number of rotatable bonds is 4. The van der Waals surface area contributed by atoms with Gasteiger partial charge in [-0.05, 0) is 24.6 Å². The molecule has 2 aliphatic heterocycles. The zero-order valence-corrected chi connectivity index (χ0v) is 16.1. The van der Waals surface area contributed by atoms with Crippen LogP contribution < -0.4 is 19.7 Å². The molecule has 2 aliphatic rings. The molecule has 1 N–H and O–H groups in total. The molecule has 0 saturated carbocycles. The number of halogens is 2. The maximum Gasteiger partial charge on any atom is 0.586 e. The lowest BCUT2D eigenvalue weighted by Gasteiger charge is -2.38. The number of anilines is 2. The van der Waals surface area contributed by atoms with Gasteiger partial charge in [-0.3, -0.25) is 9.69 Å². The first kappa shape index (κ1) is 18.8. The van der Waals surface area contributed by atoms with Crippen LogP contribution in [0.3, 0.4) is 0 Å². The van der Waals surface area contributed by atoms with E-state index in [2.05, 4.69) is 34.8 Å². The van der Waals surface area contributed by atoms with Crippen molar-refractivity contribution < 1.29 is 23.0 Å². The zero-order chi connectivity index (χ0) is 19.9. The molecule has 4 rings (SSSR count). The molecule has 1 fully saturated rings. The molecule has 1 saturated heterocycles. The number of carbonyl (C=O) groups excluding carboxylic acids is 1. The number of ether oxygens (including phenoxy) is 2. The van der Waals surface area contributed by atoms with Gasteiger partial charge in [-0.25, -0.2) is 0 Å². The van der Waals surface area contributed by atoms with Crippen LogP contribution in [-0.2, 0) is 4.79 Å². The number of nitrogens with zero attached hydrogens (tertiary/aromatic N) is 4. The molecule has 2 aromatic rings. The van der Waals surface area contributed by atoms with Crippen LogP contribution in [0.4, 0.5) is 19.0 Å². The minimum Gasteiger partial charge on any atom is -0.395 e. The first-order chi connectivity index (χ1) is 13.3. The SMILES string of the molecule is CC(=O)Nc1nnc(N2CCN(C(C)c3ccc4c(c3)OC(F)(F)O4)CC2)s1. The van der Waals surface area contributed by atoms with Crippen molar-refractivity contribution in [3.8, 4) is 11.5 Å². The van der Waals surface area contributed by atoms with Crippen LogP contribution in [-0.4, -0.2) is 53.5 Å². The Kier molecular flexibility index (Phi) is 4.79. The Balaban J connectivity index is 1.37. The maximum absolute atomic E-state index is 13.2. The Hall–Kier alpha value is -2.53. The van der Waals surface area contributed by atoms with E-state index in [1.54, 1.807) is 12.1 Å². The summed E-state index contributed by atoms with van der Waals surface area (Å²) in [5.41, 5.74) is 0.886. The minimum atomic E-state index is -3.60. The van der Waals surface area contributed by atoms with Crippen LogP contribution in [0.1, 0.15) is 25.5 Å². The van der Waals surface area contributed by atoms with Crippen LogP contribution in [0.5, 0.6) is 11.5 Å². The molecular weight excluding hydrogens is 392 g/mol. The summed E-state index contributed by atoms with van der Waals surface area (Å²) in [5.74, 6) is -0.0628. The van der Waals surface area contributed by atoms with Gasteiger partial charge < -0.3 is 19.7 Å². The van der Waals surface area contributed by atoms with E-state index in [-0.39, 0.29) is 23.4 Å². The topological polar surface area (TPSA) is 79.8 Å². The highest BCUT2D eigenvalue weighted by molar-refractivity contribution is 7.19. The van der Waals surface area contributed by atoms with Gasteiger partial charge in [0.2, 0.25) is 16.2 Å². The van der Waals surface area contributed by atoms with E-state index < -0.39 is 6.29 Å². The largest absolute Gasteiger partial charge is 0.586 e. The summed E-state index contributed by atoms with van der Waals surface area (Å²) < 4.78 is 35.4. The second kappa shape index (κ2) is 7.13. The van der Waals surface area contributed by atoms with Gasteiger partial charge in [-0.2, -0.15) is 0 Å². The molecule has 0 radical (unpaired) electrons. The van der Waals surface area contributed by atoms with Gasteiger partial charge in [-0.1, -0.05) is 17.4 Å². The van der Waals surface area contributed by atoms with Crippen molar-refractivity contribution in [1.29, 1.82) is 0 Å². The molecule has 150 valence electrons. The van der Waals surface area contributed by atoms with Crippen LogP contribution in [0.25, 0.3) is 0 Å². The fourth-order valence-electron chi connectivity index (χ4n) is 3.28. The lowest BCUT2D eigenvalue weighted by Crippen LogP contribution is -2.47. The molecule has 28 heavy (non-hydrogen) atoms. The molecule has 1 amide bonds. The van der Waals surface area contributed by atoms with E-state index in [9.17, 15) is 13.6 Å². The predicted molar refractivity (Wildman–Crippen MR) is 99.1 cm³/mol. The average molecular weight is 411 g/mol. The van der Waals surface area contributed by atoms with Crippen LogP contribution in [0, 0.1) is 0 Å². The van der Waals surface area contributed by atoms with Crippen molar-refractivity contribution in [2.24, 2.45) is 0 Å². The highest BCUT2D eigenvalue weighted by Crippen LogP contribution is 2.42. The van der Waals surface area contributed by atoms with Crippen LogP contribution in [0.15, 0.2) is 18.2 Å². The molecule has 1 aromatic heterocycles. The molecule has 0 bridgehead atoms. The Labute approximate surface area is 164 Å². The van der Waals surface area contributed by atoms with E-state index in [0.717, 1.165) is 36.9 Å². The number of carbonyl (C=O) groups is 1. The number of benzene rings is 1. The van der Waals surface area contributed by atoms with Crippen LogP contribution in [0.2, 0.25) is 0 Å². The number of hydrogen-bond donors (Lipinski definition) is 1. The van der Waals surface area contributed by atoms with Gasteiger partial charge in [-0.15, -0.1) is 19.0 Å². The van der Waals surface area contributed by atoms with Gasteiger partial charge in [0.1, 0.15) is 0 Å². The molecule has 1 unspecified atom stereocenters. The molecule has 1 atom stereocenters. The first-order valence-electron chi connectivity index (χ1n) is 8.80. The van der Waals surface area contributed by atoms with E-state index in [4.69, 9.17) is 0 Å². The third-order valence-electron chi connectivity index (χ3n) is 4.74. The van der Waals surface area contributed by atoms with E-state index in [1.165, 1.54) is 24.3 Å². The molecule has 0 aliphatic carbocycles. The maximum atomic E-state index is 13.2. The summed E-state index contributed by atoms with van der Waals surface area (Å²) in [6, 6.07) is 4.95.